The Morgan fingerprint density at radius 1 is 1.21 bits per heavy atom. The van der Waals surface area contributed by atoms with Gasteiger partial charge in [-0.05, 0) is 51.0 Å². The second-order valence-corrected chi connectivity index (χ2v) is 9.66. The van der Waals surface area contributed by atoms with Crippen molar-refractivity contribution in [2.45, 2.75) is 46.2 Å². The number of nitrogens with one attached hydrogen (secondary N) is 2. The first kappa shape index (κ1) is 26.2. The number of hydrogen-bond donors (Lipinski definition) is 2. The number of imidazole rings is 1. The minimum absolute atomic E-state index is 0.0435. The van der Waals surface area contributed by atoms with E-state index in [1.54, 1.807) is 16.9 Å². The van der Waals surface area contributed by atoms with Crippen LogP contribution in [-0.2, 0) is 11.3 Å². The van der Waals surface area contributed by atoms with Crippen LogP contribution in [-0.4, -0.2) is 68.2 Å². The van der Waals surface area contributed by atoms with Crippen molar-refractivity contribution < 1.29 is 14.3 Å². The quantitative estimate of drug-likeness (QED) is 0.303. The molecule has 2 amide bonds. The van der Waals surface area contributed by atoms with Gasteiger partial charge in [-0.3, -0.25) is 9.59 Å². The molecule has 1 aromatic carbocycles. The molecule has 11 nitrogen and oxygen atoms in total. The van der Waals surface area contributed by atoms with Crippen molar-refractivity contribution in [1.82, 2.24) is 34.8 Å². The molecule has 39 heavy (non-hydrogen) atoms. The van der Waals surface area contributed by atoms with Crippen molar-refractivity contribution in [2.24, 2.45) is 0 Å². The molecule has 0 radical (unpaired) electrons. The molecule has 204 valence electrons. The number of carbonyl (C=O) groups excluding carboxylic acids is 2. The zero-order valence-corrected chi connectivity index (χ0v) is 22.6. The number of amides is 2. The van der Waals surface area contributed by atoms with E-state index in [4.69, 9.17) is 9.72 Å². The highest BCUT2D eigenvalue weighted by atomic mass is 16.5. The van der Waals surface area contributed by atoms with E-state index in [0.29, 0.717) is 30.9 Å². The summed E-state index contributed by atoms with van der Waals surface area (Å²) in [6.07, 6.45) is 6.88. The Hall–Kier alpha value is -4.41. The van der Waals surface area contributed by atoms with E-state index in [1.165, 1.54) is 6.92 Å². The van der Waals surface area contributed by atoms with Crippen molar-refractivity contribution in [3.05, 3.63) is 60.3 Å². The van der Waals surface area contributed by atoms with E-state index in [-0.39, 0.29) is 17.9 Å². The zero-order valence-electron chi connectivity index (χ0n) is 22.6. The van der Waals surface area contributed by atoms with Crippen LogP contribution in [0.1, 0.15) is 42.9 Å². The number of fused-ring (bicyclic) bond motifs is 1. The molecule has 0 spiro atoms. The SMILES string of the molecule is CCOc1ccc(-c2cc(N3CC[C@@H](NC(C)=O)C3)n3ncc(C(=O)NCCCn4ccnc4C)c3n2)cc1. The molecule has 0 saturated carbocycles. The molecule has 1 saturated heterocycles. The van der Waals surface area contributed by atoms with Gasteiger partial charge in [0, 0.05) is 63.2 Å². The maximum Gasteiger partial charge on any atom is 0.256 e. The van der Waals surface area contributed by atoms with Crippen molar-refractivity contribution >= 4 is 23.3 Å². The first-order valence-electron chi connectivity index (χ1n) is 13.3. The summed E-state index contributed by atoms with van der Waals surface area (Å²) >= 11 is 0. The minimum Gasteiger partial charge on any atom is -0.494 e. The van der Waals surface area contributed by atoms with Gasteiger partial charge < -0.3 is 24.8 Å². The summed E-state index contributed by atoms with van der Waals surface area (Å²) in [6.45, 7) is 8.73. The van der Waals surface area contributed by atoms with Gasteiger partial charge in [0.15, 0.2) is 5.65 Å². The predicted octanol–water partition coefficient (Wildman–Crippen LogP) is 2.83. The summed E-state index contributed by atoms with van der Waals surface area (Å²) in [4.78, 5) is 36.1. The lowest BCUT2D eigenvalue weighted by atomic mass is 10.1. The third-order valence-electron chi connectivity index (χ3n) is 6.86. The normalized spacial score (nSPS) is 15.1. The van der Waals surface area contributed by atoms with Gasteiger partial charge in [0.2, 0.25) is 5.91 Å². The number of aryl methyl sites for hydroxylation is 2. The molecule has 3 aromatic heterocycles. The van der Waals surface area contributed by atoms with Gasteiger partial charge in [0.1, 0.15) is 23.0 Å². The van der Waals surface area contributed by atoms with Gasteiger partial charge >= 0.3 is 0 Å². The van der Waals surface area contributed by atoms with Crippen LogP contribution in [0.4, 0.5) is 5.82 Å². The number of aromatic nitrogens is 5. The summed E-state index contributed by atoms with van der Waals surface area (Å²) in [5.41, 5.74) is 2.54. The Morgan fingerprint density at radius 2 is 2.03 bits per heavy atom. The molecule has 5 rings (SSSR count). The van der Waals surface area contributed by atoms with Gasteiger partial charge in [-0.1, -0.05) is 0 Å². The molecule has 1 atom stereocenters. The van der Waals surface area contributed by atoms with Crippen LogP contribution in [0.2, 0.25) is 0 Å². The minimum atomic E-state index is -0.216. The standard InChI is InChI=1S/C28H34N8O3/c1-4-39-23-8-6-21(7-9-23)25-16-26(35-14-10-22(18-35)32-20(3)37)36-27(33-25)24(17-31-36)28(38)30-11-5-13-34-15-12-29-19(34)2/h6-9,12,15-17,22H,4-5,10-11,13-14,18H2,1-3H3,(H,30,38)(H,32,37)/t22-/m1/s1. The lowest BCUT2D eigenvalue weighted by Crippen LogP contribution is -2.36. The molecule has 2 N–H and O–H groups in total. The third-order valence-corrected chi connectivity index (χ3v) is 6.86. The molecular weight excluding hydrogens is 496 g/mol. The molecule has 0 unspecified atom stereocenters. The van der Waals surface area contributed by atoms with Crippen LogP contribution in [0, 0.1) is 6.92 Å². The maximum absolute atomic E-state index is 13.2. The van der Waals surface area contributed by atoms with Gasteiger partial charge in [0.05, 0.1) is 18.5 Å². The Bertz CT molecular complexity index is 1460. The van der Waals surface area contributed by atoms with E-state index < -0.39 is 0 Å². The van der Waals surface area contributed by atoms with E-state index in [0.717, 1.165) is 54.6 Å². The highest BCUT2D eigenvalue weighted by molar-refractivity contribution is 6.00. The molecule has 1 fully saturated rings. The van der Waals surface area contributed by atoms with E-state index in [9.17, 15) is 9.59 Å². The Labute approximate surface area is 227 Å². The fraction of sp³-hybridized carbons (Fsp3) is 0.393. The first-order valence-corrected chi connectivity index (χ1v) is 13.3. The average Bonchev–Trinajstić information content (AvgIpc) is 3.66. The molecule has 0 aliphatic carbocycles. The van der Waals surface area contributed by atoms with E-state index in [2.05, 4.69) is 30.2 Å². The van der Waals surface area contributed by atoms with Crippen LogP contribution in [0.15, 0.2) is 48.9 Å². The smallest absolute Gasteiger partial charge is 0.256 e. The second kappa shape index (κ2) is 11.5. The van der Waals surface area contributed by atoms with Crippen LogP contribution < -0.4 is 20.3 Å². The molecule has 1 aliphatic rings. The molecule has 4 heterocycles. The van der Waals surface area contributed by atoms with Gasteiger partial charge in [0.25, 0.3) is 5.91 Å². The Kier molecular flexibility index (Phi) is 7.76. The Morgan fingerprint density at radius 3 is 2.74 bits per heavy atom. The summed E-state index contributed by atoms with van der Waals surface area (Å²) in [6, 6.07) is 9.80. The van der Waals surface area contributed by atoms with Crippen LogP contribution >= 0.6 is 0 Å². The average molecular weight is 531 g/mol. The Balaban J connectivity index is 1.42. The third kappa shape index (κ3) is 5.87. The molecule has 4 aromatic rings. The second-order valence-electron chi connectivity index (χ2n) is 9.66. The molecule has 1 aliphatic heterocycles. The number of benzene rings is 1. The lowest BCUT2D eigenvalue weighted by molar-refractivity contribution is -0.119. The van der Waals surface area contributed by atoms with Crippen molar-refractivity contribution in [3.63, 3.8) is 0 Å². The molecule has 0 bridgehead atoms. The van der Waals surface area contributed by atoms with Crippen LogP contribution in [0.5, 0.6) is 5.75 Å². The maximum atomic E-state index is 13.2. The lowest BCUT2D eigenvalue weighted by Gasteiger charge is -2.20. The zero-order chi connectivity index (χ0) is 27.4. The highest BCUT2D eigenvalue weighted by Gasteiger charge is 2.27. The number of nitrogens with zero attached hydrogens (tertiary/aromatic N) is 6. The summed E-state index contributed by atoms with van der Waals surface area (Å²) in [5.74, 6) is 2.30. The predicted molar refractivity (Wildman–Crippen MR) is 148 cm³/mol. The van der Waals surface area contributed by atoms with Gasteiger partial charge in [-0.25, -0.2) is 9.97 Å². The summed E-state index contributed by atoms with van der Waals surface area (Å²) < 4.78 is 9.37. The number of carbonyl (C=O) groups is 2. The number of anilines is 1. The number of rotatable bonds is 10. The van der Waals surface area contributed by atoms with Gasteiger partial charge in [-0.15, -0.1) is 0 Å². The monoisotopic (exact) mass is 530 g/mol. The topological polar surface area (TPSA) is 119 Å². The largest absolute Gasteiger partial charge is 0.494 e. The first-order chi connectivity index (χ1) is 18.9. The van der Waals surface area contributed by atoms with Crippen molar-refractivity contribution in [3.8, 4) is 17.0 Å². The molecular formula is C28H34N8O3. The van der Waals surface area contributed by atoms with Crippen LogP contribution in [0.25, 0.3) is 16.9 Å². The number of ether oxygens (including phenoxy) is 1. The van der Waals surface area contributed by atoms with Crippen LogP contribution in [0.3, 0.4) is 0 Å². The fourth-order valence-corrected chi connectivity index (χ4v) is 4.93. The van der Waals surface area contributed by atoms with Gasteiger partial charge in [-0.2, -0.15) is 9.61 Å². The van der Waals surface area contributed by atoms with E-state index in [1.807, 2.05) is 50.4 Å². The summed E-state index contributed by atoms with van der Waals surface area (Å²) in [7, 11) is 0. The van der Waals surface area contributed by atoms with E-state index >= 15 is 0 Å². The van der Waals surface area contributed by atoms with Crippen molar-refractivity contribution in [2.75, 3.05) is 31.1 Å². The fourth-order valence-electron chi connectivity index (χ4n) is 4.93. The molecule has 11 heteroatoms. The van der Waals surface area contributed by atoms with Crippen molar-refractivity contribution in [1.29, 1.82) is 0 Å². The highest BCUT2D eigenvalue weighted by Crippen LogP contribution is 2.29. The summed E-state index contributed by atoms with van der Waals surface area (Å²) in [5, 5.41) is 10.6. The number of hydrogen-bond acceptors (Lipinski definition) is 7.